The second kappa shape index (κ2) is 7.87. The van der Waals surface area contributed by atoms with Crippen molar-refractivity contribution in [2.24, 2.45) is 28.6 Å². The van der Waals surface area contributed by atoms with Crippen molar-refractivity contribution in [1.29, 1.82) is 0 Å². The molecule has 0 radical (unpaired) electrons. The van der Waals surface area contributed by atoms with Crippen molar-refractivity contribution in [2.75, 3.05) is 6.61 Å². The van der Waals surface area contributed by atoms with Crippen LogP contribution in [0.3, 0.4) is 0 Å². The number of allylic oxidation sites excluding steroid dienone is 4. The summed E-state index contributed by atoms with van der Waals surface area (Å²) in [5.74, 6) is -1.59. The first-order valence-corrected chi connectivity index (χ1v) is 12.3. The molecule has 0 amide bonds. The van der Waals surface area contributed by atoms with Crippen LogP contribution in [0.25, 0.3) is 0 Å². The lowest BCUT2D eigenvalue weighted by Crippen LogP contribution is -2.69. The van der Waals surface area contributed by atoms with E-state index in [0.29, 0.717) is 19.3 Å². The maximum absolute atomic E-state index is 13.3. The Balaban J connectivity index is 1.81. The lowest BCUT2D eigenvalue weighted by molar-refractivity contribution is -0.185. The second-order valence-corrected chi connectivity index (χ2v) is 11.9. The maximum atomic E-state index is 13.3. The predicted molar refractivity (Wildman–Crippen MR) is 122 cm³/mol. The van der Waals surface area contributed by atoms with Crippen molar-refractivity contribution < 1.29 is 33.8 Å². The molecule has 3 fully saturated rings. The molecule has 4 aliphatic carbocycles. The van der Waals surface area contributed by atoms with E-state index in [1.807, 2.05) is 19.9 Å². The van der Waals surface area contributed by atoms with Gasteiger partial charge in [-0.3, -0.25) is 19.2 Å². The highest BCUT2D eigenvalue weighted by molar-refractivity contribution is 9.10. The standard InChI is InChI=1S/C25H31BrO7/c1-14-9-19-18-6-5-16-10-17(29)7-8-22(16,3)24(18,26)21(33-13-27)11-23(19,4)25(14,31)20(30)12-32-15(2)28/h7-8,10,13-14,18-19,21,31H,5-6,9,11-12H2,1-4H3/t14-,18+,19+,21+,22+,23+,24+,25+/m1/s1. The largest absolute Gasteiger partial charge is 0.463 e. The van der Waals surface area contributed by atoms with Crippen LogP contribution in [0.15, 0.2) is 23.8 Å². The first-order valence-electron chi connectivity index (χ1n) is 11.5. The van der Waals surface area contributed by atoms with Gasteiger partial charge in [0.05, 0.1) is 4.32 Å². The molecule has 4 aliphatic rings. The minimum absolute atomic E-state index is 0.0285. The summed E-state index contributed by atoms with van der Waals surface area (Å²) in [7, 11) is 0. The van der Waals surface area contributed by atoms with Gasteiger partial charge in [0.1, 0.15) is 11.7 Å². The fraction of sp³-hybridized carbons (Fsp3) is 0.680. The Morgan fingerprint density at radius 1 is 1.30 bits per heavy atom. The lowest BCUT2D eigenvalue weighted by atomic mass is 9.46. The van der Waals surface area contributed by atoms with Gasteiger partial charge in [0.2, 0.25) is 5.78 Å². The van der Waals surface area contributed by atoms with E-state index >= 15 is 0 Å². The number of Topliss-reactive ketones (excluding diaryl/α,β-unsaturated/α-hetero) is 1. The van der Waals surface area contributed by atoms with Crippen LogP contribution in [0.4, 0.5) is 0 Å². The number of carbonyl (C=O) groups excluding carboxylic acids is 4. The molecule has 7 nitrogen and oxygen atoms in total. The third-order valence-electron chi connectivity index (χ3n) is 9.25. The first kappa shape index (κ1) is 24.3. The number of ketones is 2. The van der Waals surface area contributed by atoms with Crippen molar-refractivity contribution in [1.82, 2.24) is 0 Å². The number of halogens is 1. The molecule has 0 heterocycles. The first-order chi connectivity index (χ1) is 15.4. The zero-order chi connectivity index (χ0) is 24.4. The fourth-order valence-electron chi connectivity index (χ4n) is 7.60. The summed E-state index contributed by atoms with van der Waals surface area (Å²) in [6.07, 6.45) is 6.82. The molecule has 0 aromatic heterocycles. The van der Waals surface area contributed by atoms with E-state index < -0.39 is 45.2 Å². The molecular formula is C25H31BrO7. The van der Waals surface area contributed by atoms with Gasteiger partial charge < -0.3 is 14.6 Å². The molecular weight excluding hydrogens is 492 g/mol. The second-order valence-electron chi connectivity index (χ2n) is 10.6. The number of ether oxygens (including phenoxy) is 2. The summed E-state index contributed by atoms with van der Waals surface area (Å²) < 4.78 is 9.96. The topological polar surface area (TPSA) is 107 Å². The van der Waals surface area contributed by atoms with E-state index in [4.69, 9.17) is 9.47 Å². The Morgan fingerprint density at radius 3 is 2.64 bits per heavy atom. The molecule has 0 spiro atoms. The Labute approximate surface area is 202 Å². The molecule has 0 unspecified atom stereocenters. The number of hydrogen-bond donors (Lipinski definition) is 1. The minimum atomic E-state index is -1.72. The molecule has 0 aromatic carbocycles. The Kier molecular flexibility index (Phi) is 5.80. The minimum Gasteiger partial charge on any atom is -0.463 e. The molecule has 0 aromatic rings. The molecule has 3 saturated carbocycles. The van der Waals surface area contributed by atoms with Crippen molar-refractivity contribution in [3.05, 3.63) is 23.8 Å². The van der Waals surface area contributed by atoms with Gasteiger partial charge in [-0.15, -0.1) is 0 Å². The summed E-state index contributed by atoms with van der Waals surface area (Å²) in [6.45, 7) is 6.97. The third kappa shape index (κ3) is 3.09. The molecule has 1 N–H and O–H groups in total. The summed E-state index contributed by atoms with van der Waals surface area (Å²) in [6, 6.07) is 0. The highest BCUT2D eigenvalue weighted by atomic mass is 79.9. The molecule has 8 heteroatoms. The Bertz CT molecular complexity index is 972. The molecule has 33 heavy (non-hydrogen) atoms. The Morgan fingerprint density at radius 2 is 2.00 bits per heavy atom. The molecule has 0 bridgehead atoms. The molecule has 0 aliphatic heterocycles. The summed E-state index contributed by atoms with van der Waals surface area (Å²) in [5.41, 5.74) is -2.17. The van der Waals surface area contributed by atoms with E-state index in [1.165, 1.54) is 6.92 Å². The predicted octanol–water partition coefficient (Wildman–Crippen LogP) is 3.07. The van der Waals surface area contributed by atoms with Crippen LogP contribution in [0.5, 0.6) is 0 Å². The normalized spacial score (nSPS) is 45.9. The zero-order valence-electron chi connectivity index (χ0n) is 19.4. The number of alkyl halides is 1. The number of rotatable bonds is 5. The van der Waals surface area contributed by atoms with Crippen molar-refractivity contribution >= 4 is 39.9 Å². The van der Waals surface area contributed by atoms with E-state index in [9.17, 15) is 24.3 Å². The molecule has 4 rings (SSSR count). The number of esters is 1. The maximum Gasteiger partial charge on any atom is 0.303 e. The number of hydrogen-bond acceptors (Lipinski definition) is 7. The van der Waals surface area contributed by atoms with Crippen LogP contribution in [0.1, 0.15) is 53.4 Å². The smallest absolute Gasteiger partial charge is 0.303 e. The molecule has 0 saturated heterocycles. The summed E-state index contributed by atoms with van der Waals surface area (Å²) in [5, 5.41) is 11.9. The van der Waals surface area contributed by atoms with Gasteiger partial charge in [-0.1, -0.05) is 48.4 Å². The van der Waals surface area contributed by atoms with Crippen LogP contribution in [-0.2, 0) is 28.7 Å². The van der Waals surface area contributed by atoms with Crippen LogP contribution < -0.4 is 0 Å². The van der Waals surface area contributed by atoms with E-state index in [0.717, 1.165) is 12.0 Å². The van der Waals surface area contributed by atoms with E-state index in [2.05, 4.69) is 22.9 Å². The Hall–Kier alpha value is -1.80. The van der Waals surface area contributed by atoms with Crippen LogP contribution in [-0.4, -0.2) is 51.8 Å². The number of aliphatic hydroxyl groups is 1. The van der Waals surface area contributed by atoms with Crippen LogP contribution >= 0.6 is 15.9 Å². The van der Waals surface area contributed by atoms with Gasteiger partial charge in [0, 0.05) is 17.8 Å². The van der Waals surface area contributed by atoms with E-state index in [-0.39, 0.29) is 30.0 Å². The van der Waals surface area contributed by atoms with Crippen LogP contribution in [0.2, 0.25) is 0 Å². The quantitative estimate of drug-likeness (QED) is 0.335. The third-order valence-corrected chi connectivity index (χ3v) is 11.2. The highest BCUT2D eigenvalue weighted by Crippen LogP contribution is 2.72. The average Bonchev–Trinajstić information content (AvgIpc) is 2.95. The van der Waals surface area contributed by atoms with Crippen molar-refractivity contribution in [3.63, 3.8) is 0 Å². The summed E-state index contributed by atoms with van der Waals surface area (Å²) in [4.78, 5) is 48.3. The molecule has 8 atom stereocenters. The fourth-order valence-corrected chi connectivity index (χ4v) is 8.80. The SMILES string of the molecule is CC(=O)OCC(=O)[C@@]1(O)[C@H](C)C[C@H]2[C@@H]3CCC4=CC(=O)C=C[C@]4(C)[C@@]3(Br)[C@@H](OC=O)C[C@@]21C. The highest BCUT2D eigenvalue weighted by Gasteiger charge is 2.75. The van der Waals surface area contributed by atoms with Gasteiger partial charge in [0.15, 0.2) is 12.4 Å². The lowest BCUT2D eigenvalue weighted by Gasteiger charge is -2.64. The van der Waals surface area contributed by atoms with Gasteiger partial charge in [-0.2, -0.15) is 0 Å². The van der Waals surface area contributed by atoms with E-state index in [1.54, 1.807) is 12.2 Å². The number of carbonyl (C=O) groups is 4. The number of fused-ring (bicyclic) bond motifs is 5. The van der Waals surface area contributed by atoms with Crippen molar-refractivity contribution in [3.8, 4) is 0 Å². The molecule has 180 valence electrons. The average molecular weight is 523 g/mol. The van der Waals surface area contributed by atoms with Gasteiger partial charge in [0.25, 0.3) is 6.47 Å². The van der Waals surface area contributed by atoms with Crippen LogP contribution in [0, 0.1) is 28.6 Å². The summed E-state index contributed by atoms with van der Waals surface area (Å²) >= 11 is 4.04. The monoisotopic (exact) mass is 522 g/mol. The zero-order valence-corrected chi connectivity index (χ0v) is 21.0. The van der Waals surface area contributed by atoms with Crippen molar-refractivity contribution in [2.45, 2.75) is 69.4 Å². The van der Waals surface area contributed by atoms with Gasteiger partial charge >= 0.3 is 5.97 Å². The van der Waals surface area contributed by atoms with Gasteiger partial charge in [-0.25, -0.2) is 0 Å². The van der Waals surface area contributed by atoms with Gasteiger partial charge in [-0.05, 0) is 55.6 Å².